The van der Waals surface area contributed by atoms with Crippen LogP contribution in [0.5, 0.6) is 11.5 Å². The molecule has 2 saturated carbocycles. The molecule has 3 aliphatic carbocycles. The molecule has 0 aliphatic heterocycles. The molecule has 0 aromatic heterocycles. The molecule has 0 bridgehead atoms. The summed E-state index contributed by atoms with van der Waals surface area (Å²) in [6.45, 7) is 3.31. The summed E-state index contributed by atoms with van der Waals surface area (Å²) in [7, 11) is 5.84. The van der Waals surface area contributed by atoms with Crippen molar-refractivity contribution in [1.29, 1.82) is 0 Å². The number of fused-ring (bicyclic) bond motifs is 5. The number of ether oxygens (including phenoxy) is 1. The molecule has 4 rings (SSSR count). The van der Waals surface area contributed by atoms with Crippen LogP contribution >= 0.6 is 0 Å². The van der Waals surface area contributed by atoms with Crippen molar-refractivity contribution in [1.82, 2.24) is 4.90 Å². The molecule has 3 aliphatic rings. The second kappa shape index (κ2) is 6.42. The second-order valence-corrected chi connectivity index (χ2v) is 9.39. The van der Waals surface area contributed by atoms with E-state index in [1.54, 1.807) is 7.11 Å². The molecule has 4 heteroatoms. The van der Waals surface area contributed by atoms with Crippen LogP contribution < -0.4 is 4.74 Å². The largest absolute Gasteiger partial charge is 0.504 e. The highest BCUT2D eigenvalue weighted by atomic mass is 16.5. The smallest absolute Gasteiger partial charge is 0.160 e. The van der Waals surface area contributed by atoms with Crippen molar-refractivity contribution in [2.24, 2.45) is 23.2 Å². The van der Waals surface area contributed by atoms with Gasteiger partial charge in [-0.3, -0.25) is 0 Å². The third-order valence-corrected chi connectivity index (χ3v) is 7.74. The molecule has 1 aromatic rings. The van der Waals surface area contributed by atoms with E-state index >= 15 is 0 Å². The van der Waals surface area contributed by atoms with Crippen LogP contribution in [0, 0.1) is 23.2 Å². The lowest BCUT2D eigenvalue weighted by atomic mass is 9.55. The molecule has 0 radical (unpaired) electrons. The predicted octanol–water partition coefficient (Wildman–Crippen LogP) is 3.41. The Morgan fingerprint density at radius 1 is 1.27 bits per heavy atom. The van der Waals surface area contributed by atoms with Crippen LogP contribution in [0.3, 0.4) is 0 Å². The van der Waals surface area contributed by atoms with Gasteiger partial charge in [-0.25, -0.2) is 0 Å². The molecule has 0 amide bonds. The Kier molecular flexibility index (Phi) is 4.47. The van der Waals surface area contributed by atoms with Gasteiger partial charge in [-0.2, -0.15) is 0 Å². The standard InChI is InChI=1S/C22H33NO3/c1-22-8-7-15-16(18(22)9-14(21(22)25)12-23(2)3)6-5-13-10-19(24)20(26-4)11-17(13)15/h10-11,14-16,18,21,24-25H,5-9,12H2,1-4H3/t14-,15-,16+,18-,21-,22-/m0/s1. The predicted molar refractivity (Wildman–Crippen MR) is 103 cm³/mol. The number of rotatable bonds is 3. The molecule has 2 N–H and O–H groups in total. The van der Waals surface area contributed by atoms with Crippen LogP contribution in [0.4, 0.5) is 0 Å². The zero-order valence-corrected chi connectivity index (χ0v) is 16.5. The van der Waals surface area contributed by atoms with E-state index in [9.17, 15) is 10.2 Å². The molecular formula is C22H33NO3. The van der Waals surface area contributed by atoms with Gasteiger partial charge in [0.1, 0.15) is 0 Å². The molecule has 4 nitrogen and oxygen atoms in total. The lowest BCUT2D eigenvalue weighted by molar-refractivity contribution is -0.0345. The molecule has 144 valence electrons. The van der Waals surface area contributed by atoms with Crippen molar-refractivity contribution in [2.45, 2.75) is 51.0 Å². The Bertz CT molecular complexity index is 688. The quantitative estimate of drug-likeness (QED) is 0.868. The highest BCUT2D eigenvalue weighted by Crippen LogP contribution is 2.62. The number of aliphatic hydroxyl groups excluding tert-OH is 1. The molecule has 6 atom stereocenters. The third kappa shape index (κ3) is 2.65. The second-order valence-electron chi connectivity index (χ2n) is 9.39. The average molecular weight is 360 g/mol. The van der Waals surface area contributed by atoms with Gasteiger partial charge in [-0.15, -0.1) is 0 Å². The van der Waals surface area contributed by atoms with Crippen molar-refractivity contribution in [3.63, 3.8) is 0 Å². The number of aryl methyl sites for hydroxylation is 1. The van der Waals surface area contributed by atoms with Gasteiger partial charge in [0.15, 0.2) is 11.5 Å². The van der Waals surface area contributed by atoms with Gasteiger partial charge in [-0.05, 0) is 98.5 Å². The maximum absolute atomic E-state index is 11.1. The van der Waals surface area contributed by atoms with Crippen LogP contribution in [-0.4, -0.2) is 49.0 Å². The SMILES string of the molecule is COc1cc2c(cc1O)CC[C@@H]1[C@@H]2CC[C@]2(C)[C@@H](O)[C@H](CN(C)C)C[C@@H]12. The minimum atomic E-state index is -0.188. The van der Waals surface area contributed by atoms with Crippen LogP contribution in [0.15, 0.2) is 12.1 Å². The van der Waals surface area contributed by atoms with Crippen LogP contribution in [0.2, 0.25) is 0 Å². The first-order valence-electron chi connectivity index (χ1n) is 10.1. The highest BCUT2D eigenvalue weighted by Gasteiger charge is 2.57. The number of phenols is 1. The van der Waals surface area contributed by atoms with Gasteiger partial charge >= 0.3 is 0 Å². The molecule has 0 saturated heterocycles. The van der Waals surface area contributed by atoms with Crippen LogP contribution in [0.25, 0.3) is 0 Å². The van der Waals surface area contributed by atoms with E-state index in [2.05, 4.69) is 32.0 Å². The first-order chi connectivity index (χ1) is 12.3. The van der Waals surface area contributed by atoms with Crippen molar-refractivity contribution in [2.75, 3.05) is 27.7 Å². The van der Waals surface area contributed by atoms with Gasteiger partial charge in [0.2, 0.25) is 0 Å². The van der Waals surface area contributed by atoms with E-state index in [-0.39, 0.29) is 17.3 Å². The number of aliphatic hydroxyl groups is 1. The number of methoxy groups -OCH3 is 1. The number of aromatic hydroxyl groups is 1. The molecule has 26 heavy (non-hydrogen) atoms. The molecule has 1 aromatic carbocycles. The summed E-state index contributed by atoms with van der Waals surface area (Å²) < 4.78 is 5.38. The van der Waals surface area contributed by atoms with Gasteiger partial charge in [0.05, 0.1) is 13.2 Å². The molecule has 2 fully saturated rings. The lowest BCUT2D eigenvalue weighted by Crippen LogP contribution is -2.44. The topological polar surface area (TPSA) is 52.9 Å². The summed E-state index contributed by atoms with van der Waals surface area (Å²) in [5.74, 6) is 3.00. The Labute approximate surface area is 157 Å². The fourth-order valence-corrected chi connectivity index (χ4v) is 6.55. The first kappa shape index (κ1) is 18.1. The van der Waals surface area contributed by atoms with E-state index in [4.69, 9.17) is 4.74 Å². The van der Waals surface area contributed by atoms with E-state index < -0.39 is 0 Å². The maximum atomic E-state index is 11.1. The Hall–Kier alpha value is -1.26. The number of hydrogen-bond donors (Lipinski definition) is 2. The summed E-state index contributed by atoms with van der Waals surface area (Å²) >= 11 is 0. The van der Waals surface area contributed by atoms with Crippen LogP contribution in [-0.2, 0) is 6.42 Å². The summed E-state index contributed by atoms with van der Waals surface area (Å²) in [6, 6.07) is 3.99. The van der Waals surface area contributed by atoms with Crippen LogP contribution in [0.1, 0.15) is 49.7 Å². The van der Waals surface area contributed by atoms with Gasteiger partial charge in [0, 0.05) is 6.54 Å². The van der Waals surface area contributed by atoms with Crippen molar-refractivity contribution >= 4 is 0 Å². The number of benzene rings is 1. The van der Waals surface area contributed by atoms with Gasteiger partial charge < -0.3 is 19.8 Å². The van der Waals surface area contributed by atoms with E-state index in [1.165, 1.54) is 17.5 Å². The van der Waals surface area contributed by atoms with E-state index in [0.717, 1.165) is 32.2 Å². The number of hydrogen-bond acceptors (Lipinski definition) is 4. The molecular weight excluding hydrogens is 326 g/mol. The lowest BCUT2D eigenvalue weighted by Gasteiger charge is -2.50. The summed E-state index contributed by atoms with van der Waals surface area (Å²) in [5, 5.41) is 21.3. The molecule has 0 unspecified atom stereocenters. The Balaban J connectivity index is 1.66. The van der Waals surface area contributed by atoms with E-state index in [0.29, 0.717) is 29.4 Å². The fraction of sp³-hybridized carbons (Fsp3) is 0.727. The maximum Gasteiger partial charge on any atom is 0.160 e. The fourth-order valence-electron chi connectivity index (χ4n) is 6.55. The van der Waals surface area contributed by atoms with Crippen molar-refractivity contribution < 1.29 is 14.9 Å². The van der Waals surface area contributed by atoms with Gasteiger partial charge in [0.25, 0.3) is 0 Å². The third-order valence-electron chi connectivity index (χ3n) is 7.74. The van der Waals surface area contributed by atoms with Crippen molar-refractivity contribution in [3.05, 3.63) is 23.3 Å². The minimum Gasteiger partial charge on any atom is -0.504 e. The van der Waals surface area contributed by atoms with Crippen molar-refractivity contribution in [3.8, 4) is 11.5 Å². The zero-order chi connectivity index (χ0) is 18.6. The first-order valence-corrected chi connectivity index (χ1v) is 10.1. The Morgan fingerprint density at radius 2 is 2.04 bits per heavy atom. The highest BCUT2D eigenvalue weighted by molar-refractivity contribution is 5.49. The Morgan fingerprint density at radius 3 is 2.73 bits per heavy atom. The average Bonchev–Trinajstić information content (AvgIpc) is 2.85. The summed E-state index contributed by atoms with van der Waals surface area (Å²) in [6.07, 6.45) is 5.37. The number of nitrogens with zero attached hydrogens (tertiary/aromatic N) is 1. The normalized spacial score (nSPS) is 38.6. The minimum absolute atomic E-state index is 0.0559. The van der Waals surface area contributed by atoms with E-state index in [1.807, 2.05) is 6.07 Å². The monoisotopic (exact) mass is 359 g/mol. The number of phenolic OH excluding ortho intramolecular Hbond substituents is 1. The molecule has 0 heterocycles. The summed E-state index contributed by atoms with van der Waals surface area (Å²) in [5.41, 5.74) is 2.72. The zero-order valence-electron chi connectivity index (χ0n) is 16.5. The molecule has 0 spiro atoms. The summed E-state index contributed by atoms with van der Waals surface area (Å²) in [4.78, 5) is 2.22. The van der Waals surface area contributed by atoms with Gasteiger partial charge in [-0.1, -0.05) is 6.92 Å².